The van der Waals surface area contributed by atoms with Gasteiger partial charge in [0.05, 0.1) is 24.5 Å². The van der Waals surface area contributed by atoms with Crippen molar-refractivity contribution in [1.82, 2.24) is 9.80 Å². The lowest BCUT2D eigenvalue weighted by Gasteiger charge is -2.36. The summed E-state index contributed by atoms with van der Waals surface area (Å²) in [5, 5.41) is 11.4. The molecule has 36 heavy (non-hydrogen) atoms. The Morgan fingerprint density at radius 2 is 1.81 bits per heavy atom. The molecule has 1 unspecified atom stereocenters. The fourth-order valence-corrected chi connectivity index (χ4v) is 5.43. The van der Waals surface area contributed by atoms with Crippen LogP contribution in [0.15, 0.2) is 48.0 Å². The normalized spacial score (nSPS) is 23.7. The number of amides is 2. The van der Waals surface area contributed by atoms with Crippen LogP contribution in [0.2, 0.25) is 0 Å². The zero-order valence-electron chi connectivity index (χ0n) is 20.3. The third-order valence-corrected chi connectivity index (χ3v) is 7.31. The number of rotatable bonds is 5. The molecule has 3 aliphatic heterocycles. The molecule has 8 nitrogen and oxygen atoms in total. The van der Waals surface area contributed by atoms with Crippen LogP contribution >= 0.6 is 0 Å². The lowest BCUT2D eigenvalue weighted by Crippen LogP contribution is -2.54. The van der Waals surface area contributed by atoms with E-state index < -0.39 is 34.7 Å². The van der Waals surface area contributed by atoms with Gasteiger partial charge in [-0.1, -0.05) is 30.3 Å². The number of benzene rings is 2. The van der Waals surface area contributed by atoms with Crippen molar-refractivity contribution in [2.75, 3.05) is 50.8 Å². The van der Waals surface area contributed by atoms with Gasteiger partial charge >= 0.3 is 0 Å². The number of likely N-dealkylation sites (N-methyl/N-ethyl adjacent to an activating group) is 1. The number of halogens is 1. The number of ketones is 1. The number of carbonyl (C=O) groups is 3. The Hall–Kier alpha value is -3.56. The fourth-order valence-electron chi connectivity index (χ4n) is 5.43. The number of ether oxygens (including phenoxy) is 1. The molecule has 2 aromatic carbocycles. The van der Waals surface area contributed by atoms with Crippen LogP contribution in [0.1, 0.15) is 23.6 Å². The zero-order valence-corrected chi connectivity index (χ0v) is 20.3. The van der Waals surface area contributed by atoms with Crippen LogP contribution in [-0.4, -0.2) is 78.4 Å². The average Bonchev–Trinajstić information content (AvgIpc) is 3.27. The van der Waals surface area contributed by atoms with Crippen LogP contribution in [-0.2, 0) is 24.7 Å². The minimum absolute atomic E-state index is 0.0314. The molecule has 5 rings (SSSR count). The number of hydrogen-bond donors (Lipinski definition) is 1. The molecule has 2 amide bonds. The summed E-state index contributed by atoms with van der Waals surface area (Å²) < 4.78 is 19.8. The van der Waals surface area contributed by atoms with Gasteiger partial charge in [0, 0.05) is 43.9 Å². The first-order valence-corrected chi connectivity index (χ1v) is 12.1. The summed E-state index contributed by atoms with van der Waals surface area (Å²) >= 11 is 0. The highest BCUT2D eigenvalue weighted by atomic mass is 19.1. The third kappa shape index (κ3) is 3.45. The van der Waals surface area contributed by atoms with Gasteiger partial charge in [-0.3, -0.25) is 19.3 Å². The molecular weight excluding hydrogens is 465 g/mol. The maximum atomic E-state index is 14.4. The first-order valence-electron chi connectivity index (χ1n) is 12.1. The van der Waals surface area contributed by atoms with Crippen molar-refractivity contribution in [2.24, 2.45) is 0 Å². The van der Waals surface area contributed by atoms with Gasteiger partial charge < -0.3 is 19.6 Å². The van der Waals surface area contributed by atoms with E-state index in [-0.39, 0.29) is 17.7 Å². The van der Waals surface area contributed by atoms with Crippen LogP contribution in [0, 0.1) is 12.7 Å². The topological polar surface area (TPSA) is 90.4 Å². The Balaban J connectivity index is 1.72. The smallest absolute Gasteiger partial charge is 0.296 e. The van der Waals surface area contributed by atoms with Gasteiger partial charge in [-0.15, -0.1) is 0 Å². The number of aryl methyl sites for hydroxylation is 1. The van der Waals surface area contributed by atoms with Crippen LogP contribution < -0.4 is 4.90 Å². The molecule has 3 aliphatic rings. The standard InChI is InChI=1S/C27H28FN3O5/c1-3-30-21-7-5-4-6-19(21)27(26(30)35)22(23(32)18-9-8-17(2)20(28)16-18)24(33)25(34)31(27)11-10-29-12-14-36-15-13-29/h4-9,16,32H,3,10-15H2,1-2H3/b23-22-. The summed E-state index contributed by atoms with van der Waals surface area (Å²) in [4.78, 5) is 46.1. The quantitative estimate of drug-likeness (QED) is 0.391. The van der Waals surface area contributed by atoms with E-state index in [2.05, 4.69) is 4.90 Å². The number of nitrogens with zero attached hydrogens (tertiary/aromatic N) is 3. The van der Waals surface area contributed by atoms with E-state index in [1.807, 2.05) is 6.92 Å². The number of morpholine rings is 1. The highest BCUT2D eigenvalue weighted by molar-refractivity contribution is 6.50. The molecule has 2 saturated heterocycles. The molecule has 0 aliphatic carbocycles. The number of para-hydroxylation sites is 1. The number of aliphatic hydroxyl groups is 1. The lowest BCUT2D eigenvalue weighted by atomic mass is 9.82. The van der Waals surface area contributed by atoms with Gasteiger partial charge in [-0.05, 0) is 31.5 Å². The summed E-state index contributed by atoms with van der Waals surface area (Å²) in [5.41, 5.74) is -0.739. The molecule has 1 spiro atoms. The van der Waals surface area contributed by atoms with Crippen molar-refractivity contribution in [3.63, 3.8) is 0 Å². The van der Waals surface area contributed by atoms with E-state index in [1.165, 1.54) is 21.9 Å². The lowest BCUT2D eigenvalue weighted by molar-refractivity contribution is -0.144. The highest BCUT2D eigenvalue weighted by Crippen LogP contribution is 2.53. The predicted molar refractivity (Wildman–Crippen MR) is 131 cm³/mol. The molecule has 0 bridgehead atoms. The largest absolute Gasteiger partial charge is 0.507 e. The van der Waals surface area contributed by atoms with Crippen molar-refractivity contribution in [1.29, 1.82) is 0 Å². The number of carbonyl (C=O) groups excluding carboxylic acids is 3. The number of aliphatic hydroxyl groups excluding tert-OH is 1. The summed E-state index contributed by atoms with van der Waals surface area (Å²) in [6.45, 7) is 6.70. The van der Waals surface area contributed by atoms with Crippen molar-refractivity contribution >= 4 is 29.0 Å². The van der Waals surface area contributed by atoms with Gasteiger partial charge in [-0.2, -0.15) is 0 Å². The van der Waals surface area contributed by atoms with Crippen molar-refractivity contribution < 1.29 is 28.6 Å². The van der Waals surface area contributed by atoms with E-state index in [1.54, 1.807) is 31.2 Å². The molecule has 0 radical (unpaired) electrons. The van der Waals surface area contributed by atoms with Gasteiger partial charge in [0.15, 0.2) is 5.54 Å². The summed E-state index contributed by atoms with van der Waals surface area (Å²) in [6, 6.07) is 11.1. The van der Waals surface area contributed by atoms with E-state index in [0.29, 0.717) is 56.2 Å². The molecule has 2 aromatic rings. The number of likely N-dealkylation sites (tertiary alicyclic amines) is 1. The Morgan fingerprint density at radius 1 is 1.08 bits per heavy atom. The van der Waals surface area contributed by atoms with E-state index in [0.717, 1.165) is 6.07 Å². The molecule has 9 heteroatoms. The number of anilines is 1. The molecule has 1 N–H and O–H groups in total. The molecule has 0 aromatic heterocycles. The van der Waals surface area contributed by atoms with Crippen LogP contribution in [0.4, 0.5) is 10.1 Å². The van der Waals surface area contributed by atoms with Crippen LogP contribution in [0.3, 0.4) is 0 Å². The van der Waals surface area contributed by atoms with Gasteiger partial charge in [0.2, 0.25) is 0 Å². The van der Waals surface area contributed by atoms with Gasteiger partial charge in [0.1, 0.15) is 11.6 Å². The number of hydrogen-bond acceptors (Lipinski definition) is 6. The Kier molecular flexibility index (Phi) is 6.13. The second-order valence-corrected chi connectivity index (χ2v) is 9.20. The van der Waals surface area contributed by atoms with Crippen LogP contribution in [0.25, 0.3) is 5.76 Å². The predicted octanol–water partition coefficient (Wildman–Crippen LogP) is 2.41. The van der Waals surface area contributed by atoms with Crippen molar-refractivity contribution in [3.05, 3.63) is 70.5 Å². The molecular formula is C27H28FN3O5. The second-order valence-electron chi connectivity index (χ2n) is 9.20. The molecule has 188 valence electrons. The molecule has 2 fully saturated rings. The number of fused-ring (bicyclic) bond motifs is 2. The monoisotopic (exact) mass is 493 g/mol. The zero-order chi connectivity index (χ0) is 25.6. The third-order valence-electron chi connectivity index (χ3n) is 7.31. The summed E-state index contributed by atoms with van der Waals surface area (Å²) in [7, 11) is 0. The second kappa shape index (κ2) is 9.15. The maximum absolute atomic E-state index is 14.4. The van der Waals surface area contributed by atoms with E-state index >= 15 is 0 Å². The van der Waals surface area contributed by atoms with Crippen molar-refractivity contribution in [2.45, 2.75) is 19.4 Å². The SMILES string of the molecule is CCN1C(=O)C2(/C(=C(\O)c3ccc(C)c(F)c3)C(=O)C(=O)N2CCN2CCOCC2)c2ccccc21. The number of Topliss-reactive ketones (excluding diaryl/α,β-unsaturated/α-hetero) is 1. The summed E-state index contributed by atoms with van der Waals surface area (Å²) in [5.74, 6) is -3.44. The highest BCUT2D eigenvalue weighted by Gasteiger charge is 2.66. The van der Waals surface area contributed by atoms with Crippen LogP contribution in [0.5, 0.6) is 0 Å². The van der Waals surface area contributed by atoms with Gasteiger partial charge in [-0.25, -0.2) is 4.39 Å². The molecule has 0 saturated carbocycles. The minimum Gasteiger partial charge on any atom is -0.507 e. The first-order chi connectivity index (χ1) is 17.3. The Bertz CT molecular complexity index is 1290. The van der Waals surface area contributed by atoms with Gasteiger partial charge in [0.25, 0.3) is 17.6 Å². The minimum atomic E-state index is -1.83. The molecule has 3 heterocycles. The maximum Gasteiger partial charge on any atom is 0.296 e. The Morgan fingerprint density at radius 3 is 2.50 bits per heavy atom. The van der Waals surface area contributed by atoms with E-state index in [9.17, 15) is 23.9 Å². The fraction of sp³-hybridized carbons (Fsp3) is 0.370. The average molecular weight is 494 g/mol. The summed E-state index contributed by atoms with van der Waals surface area (Å²) in [6.07, 6.45) is 0. The van der Waals surface area contributed by atoms with Crippen molar-refractivity contribution in [3.8, 4) is 0 Å². The van der Waals surface area contributed by atoms with E-state index in [4.69, 9.17) is 4.74 Å². The molecule has 1 atom stereocenters. The first kappa shape index (κ1) is 24.1. The Labute approximate surface area is 208 Å².